The topological polar surface area (TPSA) is 85.6 Å². The summed E-state index contributed by atoms with van der Waals surface area (Å²) >= 11 is 1.35. The van der Waals surface area contributed by atoms with Crippen molar-refractivity contribution >= 4 is 39.9 Å². The second kappa shape index (κ2) is 5.93. The molecule has 0 fully saturated rings. The average molecular weight is 343 g/mol. The van der Waals surface area contributed by atoms with Crippen molar-refractivity contribution in [3.8, 4) is 5.88 Å². The average Bonchev–Trinajstić information content (AvgIpc) is 3.18. The van der Waals surface area contributed by atoms with Crippen LogP contribution in [0.4, 0.5) is 0 Å². The first kappa shape index (κ1) is 15.9. The van der Waals surface area contributed by atoms with E-state index in [0.717, 1.165) is 4.57 Å². The van der Waals surface area contributed by atoms with Gasteiger partial charge in [-0.25, -0.2) is 4.79 Å². The number of fused-ring (bicyclic) bond motifs is 1. The van der Waals surface area contributed by atoms with Crippen LogP contribution in [0.15, 0.2) is 35.0 Å². The molecule has 3 aromatic rings. The van der Waals surface area contributed by atoms with Crippen molar-refractivity contribution in [2.45, 2.75) is 6.92 Å². The number of aromatic hydroxyl groups is 1. The first-order chi connectivity index (χ1) is 11.5. The molecule has 0 aliphatic carbocycles. The Labute approximate surface area is 140 Å². The third-order valence-electron chi connectivity index (χ3n) is 3.69. The van der Waals surface area contributed by atoms with Gasteiger partial charge < -0.3 is 9.84 Å². The Kier molecular flexibility index (Phi) is 3.94. The summed E-state index contributed by atoms with van der Waals surface area (Å²) in [4.78, 5) is 36.4. The van der Waals surface area contributed by atoms with Crippen molar-refractivity contribution in [1.29, 1.82) is 0 Å². The summed E-state index contributed by atoms with van der Waals surface area (Å²) in [6.07, 6.45) is 0. The van der Waals surface area contributed by atoms with Crippen LogP contribution in [0.3, 0.4) is 0 Å². The first-order valence-electron chi connectivity index (χ1n) is 6.99. The van der Waals surface area contributed by atoms with Crippen LogP contribution in [0.1, 0.15) is 38.0 Å². The van der Waals surface area contributed by atoms with Gasteiger partial charge in [-0.3, -0.25) is 14.2 Å². The van der Waals surface area contributed by atoms with Crippen LogP contribution in [0, 0.1) is 0 Å². The summed E-state index contributed by atoms with van der Waals surface area (Å²) in [5, 5.41) is 14.2. The van der Waals surface area contributed by atoms with E-state index in [4.69, 9.17) is 0 Å². The van der Waals surface area contributed by atoms with E-state index >= 15 is 0 Å². The minimum absolute atomic E-state index is 0.00986. The Morgan fingerprint density at radius 3 is 2.50 bits per heavy atom. The first-order valence-corrected chi connectivity index (χ1v) is 7.93. The van der Waals surface area contributed by atoms with E-state index in [9.17, 15) is 19.5 Å². The highest BCUT2D eigenvalue weighted by atomic mass is 32.1. The van der Waals surface area contributed by atoms with Crippen molar-refractivity contribution in [2.75, 3.05) is 7.11 Å². The Hall–Kier alpha value is -2.93. The fourth-order valence-corrected chi connectivity index (χ4v) is 3.24. The number of carbonyl (C=O) groups excluding carboxylic acids is 3. The molecule has 1 N–H and O–H groups in total. The summed E-state index contributed by atoms with van der Waals surface area (Å²) < 4.78 is 5.74. The van der Waals surface area contributed by atoms with Gasteiger partial charge in [0.05, 0.1) is 23.8 Å². The van der Waals surface area contributed by atoms with Crippen molar-refractivity contribution in [1.82, 2.24) is 4.57 Å². The quantitative estimate of drug-likeness (QED) is 0.583. The summed E-state index contributed by atoms with van der Waals surface area (Å²) in [7, 11) is 1.25. The van der Waals surface area contributed by atoms with Gasteiger partial charge in [0.2, 0.25) is 11.8 Å². The zero-order chi connectivity index (χ0) is 17.4. The predicted molar refractivity (Wildman–Crippen MR) is 89.0 cm³/mol. The predicted octanol–water partition coefficient (Wildman–Crippen LogP) is 3.09. The normalized spacial score (nSPS) is 10.8. The monoisotopic (exact) mass is 343 g/mol. The van der Waals surface area contributed by atoms with Crippen molar-refractivity contribution in [3.63, 3.8) is 0 Å². The smallest absolute Gasteiger partial charge is 0.337 e. The van der Waals surface area contributed by atoms with Gasteiger partial charge in [0, 0.05) is 23.3 Å². The molecule has 0 saturated heterocycles. The second-order valence-electron chi connectivity index (χ2n) is 5.12. The maximum atomic E-state index is 12.7. The molecule has 0 unspecified atom stereocenters. The van der Waals surface area contributed by atoms with Crippen LogP contribution in [0.5, 0.6) is 5.88 Å². The van der Waals surface area contributed by atoms with Crippen molar-refractivity contribution in [3.05, 3.63) is 51.7 Å². The molecule has 0 aliphatic rings. The van der Waals surface area contributed by atoms with E-state index in [1.165, 1.54) is 43.6 Å². The Morgan fingerprint density at radius 2 is 1.92 bits per heavy atom. The van der Waals surface area contributed by atoms with Crippen molar-refractivity contribution in [2.24, 2.45) is 0 Å². The van der Waals surface area contributed by atoms with Gasteiger partial charge in [0.1, 0.15) is 0 Å². The molecule has 2 aromatic heterocycles. The molecule has 0 atom stereocenters. The third-order valence-corrected chi connectivity index (χ3v) is 4.37. The molecular formula is C17H13NO5S. The van der Waals surface area contributed by atoms with Gasteiger partial charge in [0.15, 0.2) is 5.78 Å². The number of ketones is 1. The molecule has 0 saturated carbocycles. The van der Waals surface area contributed by atoms with Crippen molar-refractivity contribution < 1.29 is 24.2 Å². The Balaban J connectivity index is 2.33. The summed E-state index contributed by atoms with van der Waals surface area (Å²) in [6, 6.07) is 6.06. The summed E-state index contributed by atoms with van der Waals surface area (Å²) in [6.45, 7) is 1.28. The molecule has 6 nitrogen and oxygen atoms in total. The molecule has 0 bridgehead atoms. The van der Waals surface area contributed by atoms with Gasteiger partial charge in [-0.15, -0.1) is 0 Å². The summed E-state index contributed by atoms with van der Waals surface area (Å²) in [5.41, 5.74) is 0.974. The van der Waals surface area contributed by atoms with E-state index in [1.54, 1.807) is 16.8 Å². The van der Waals surface area contributed by atoms with Crippen LogP contribution in [0.25, 0.3) is 10.9 Å². The SMILES string of the molecule is COC(=O)c1ccc2c(c1)c(C(=O)c1ccsc1)c(O)n2C(C)=O. The standard InChI is InChI=1S/C17H13NO5S/c1-9(19)18-13-4-3-10(17(22)23-2)7-12(13)14(16(18)21)15(20)11-5-6-24-8-11/h3-8,21H,1-2H3. The highest BCUT2D eigenvalue weighted by Gasteiger charge is 2.26. The molecule has 0 radical (unpaired) electrons. The second-order valence-corrected chi connectivity index (χ2v) is 5.90. The number of carbonyl (C=O) groups is 3. The van der Waals surface area contributed by atoms with Gasteiger partial charge in [-0.2, -0.15) is 11.3 Å². The Bertz CT molecular complexity index is 969. The number of ether oxygens (including phenoxy) is 1. The molecule has 1 aromatic carbocycles. The molecule has 122 valence electrons. The fourth-order valence-electron chi connectivity index (χ4n) is 2.60. The summed E-state index contributed by atoms with van der Waals surface area (Å²) in [5.74, 6) is -1.86. The van der Waals surface area contributed by atoms with Crippen LogP contribution in [-0.4, -0.2) is 34.4 Å². The lowest BCUT2D eigenvalue weighted by molar-refractivity contribution is 0.0600. The van der Waals surface area contributed by atoms with Crippen LogP contribution >= 0.6 is 11.3 Å². The maximum absolute atomic E-state index is 12.7. The van der Waals surface area contributed by atoms with Gasteiger partial charge in [-0.1, -0.05) is 0 Å². The highest BCUT2D eigenvalue weighted by Crippen LogP contribution is 2.34. The lowest BCUT2D eigenvalue weighted by atomic mass is 10.0. The molecule has 2 heterocycles. The molecule has 3 rings (SSSR count). The third kappa shape index (κ3) is 2.39. The number of hydrogen-bond donors (Lipinski definition) is 1. The molecule has 24 heavy (non-hydrogen) atoms. The van der Waals surface area contributed by atoms with Crippen LogP contribution < -0.4 is 0 Å². The molecule has 0 amide bonds. The zero-order valence-corrected chi connectivity index (χ0v) is 13.7. The van der Waals surface area contributed by atoms with Crippen LogP contribution in [0.2, 0.25) is 0 Å². The lowest BCUT2D eigenvalue weighted by Crippen LogP contribution is -2.05. The fraction of sp³-hybridized carbons (Fsp3) is 0.118. The van der Waals surface area contributed by atoms with E-state index in [-0.39, 0.29) is 11.1 Å². The molecule has 7 heteroatoms. The molecular weight excluding hydrogens is 330 g/mol. The number of hydrogen-bond acceptors (Lipinski definition) is 6. The number of benzene rings is 1. The number of thiophene rings is 1. The van der Waals surface area contributed by atoms with E-state index in [2.05, 4.69) is 4.74 Å². The maximum Gasteiger partial charge on any atom is 0.337 e. The highest BCUT2D eigenvalue weighted by molar-refractivity contribution is 7.08. The zero-order valence-electron chi connectivity index (χ0n) is 12.9. The number of esters is 1. The number of aromatic nitrogens is 1. The molecule has 0 aliphatic heterocycles. The number of nitrogens with zero attached hydrogens (tertiary/aromatic N) is 1. The lowest BCUT2D eigenvalue weighted by Gasteiger charge is -2.02. The number of methoxy groups -OCH3 is 1. The van der Waals surface area contributed by atoms with E-state index in [0.29, 0.717) is 16.5 Å². The van der Waals surface area contributed by atoms with Gasteiger partial charge >= 0.3 is 5.97 Å². The largest absolute Gasteiger partial charge is 0.494 e. The van der Waals surface area contributed by atoms with E-state index < -0.39 is 23.5 Å². The van der Waals surface area contributed by atoms with Crippen LogP contribution in [-0.2, 0) is 4.74 Å². The van der Waals surface area contributed by atoms with Gasteiger partial charge in [-0.05, 0) is 29.6 Å². The Morgan fingerprint density at radius 1 is 1.17 bits per heavy atom. The minimum atomic E-state index is -0.569. The number of rotatable bonds is 3. The van der Waals surface area contributed by atoms with E-state index in [1.807, 2.05) is 0 Å². The molecule has 0 spiro atoms. The minimum Gasteiger partial charge on any atom is -0.494 e. The van der Waals surface area contributed by atoms with Gasteiger partial charge in [0.25, 0.3) is 0 Å².